The fourth-order valence-corrected chi connectivity index (χ4v) is 4.06. The van der Waals surface area contributed by atoms with Crippen molar-refractivity contribution in [3.05, 3.63) is 48.5 Å². The van der Waals surface area contributed by atoms with E-state index in [1.54, 1.807) is 0 Å². The summed E-state index contributed by atoms with van der Waals surface area (Å²) >= 11 is 9.19. The number of aromatic nitrogens is 3. The van der Waals surface area contributed by atoms with Crippen LogP contribution in [0.1, 0.15) is 0 Å². The Bertz CT molecular complexity index is 818. The molecule has 3 rings (SSSR count). The minimum Gasteiger partial charge on any atom is -0.196 e. The Labute approximate surface area is 159 Å². The lowest BCUT2D eigenvalue weighted by Crippen LogP contribution is -1.96. The number of benzene rings is 2. The quantitative estimate of drug-likeness (QED) is 0.464. The van der Waals surface area contributed by atoms with Gasteiger partial charge in [-0.2, -0.15) is 15.0 Å². The maximum absolute atomic E-state index is 4.64. The maximum Gasteiger partial charge on any atom is 0.197 e. The molecule has 0 aliphatic heterocycles. The van der Waals surface area contributed by atoms with Crippen LogP contribution in [-0.2, 0) is 0 Å². The fraction of sp³-hybridized carbons (Fsp3) is 0.118. The first-order chi connectivity index (χ1) is 11.7. The van der Waals surface area contributed by atoms with E-state index >= 15 is 0 Å². The molecular formula is C17H15N3S4. The molecule has 3 aromatic rings. The van der Waals surface area contributed by atoms with Crippen molar-refractivity contribution in [2.24, 2.45) is 0 Å². The lowest BCUT2D eigenvalue weighted by Gasteiger charge is -2.08. The molecule has 0 radical (unpaired) electrons. The molecule has 1 heterocycles. The molecule has 2 aromatic carbocycles. The van der Waals surface area contributed by atoms with Gasteiger partial charge >= 0.3 is 0 Å². The van der Waals surface area contributed by atoms with E-state index in [0.29, 0.717) is 5.16 Å². The first kappa shape index (κ1) is 17.7. The van der Waals surface area contributed by atoms with Crippen molar-refractivity contribution in [3.63, 3.8) is 0 Å². The van der Waals surface area contributed by atoms with Crippen LogP contribution in [-0.4, -0.2) is 27.5 Å². The molecule has 7 heteroatoms. The summed E-state index contributed by atoms with van der Waals surface area (Å²) in [4.78, 5) is 15.3. The molecule has 0 saturated carbocycles. The van der Waals surface area contributed by atoms with Gasteiger partial charge in [0.25, 0.3) is 0 Å². The number of thiol groups is 1. The monoisotopic (exact) mass is 389 g/mol. The van der Waals surface area contributed by atoms with E-state index in [9.17, 15) is 0 Å². The van der Waals surface area contributed by atoms with Gasteiger partial charge in [-0.05, 0) is 47.5 Å². The molecule has 1 aromatic heterocycles. The van der Waals surface area contributed by atoms with Gasteiger partial charge in [0.1, 0.15) is 0 Å². The fourth-order valence-electron chi connectivity index (χ4n) is 2.06. The molecule has 0 bridgehead atoms. The molecule has 3 nitrogen and oxygen atoms in total. The summed E-state index contributed by atoms with van der Waals surface area (Å²) in [6.07, 6.45) is 3.93. The molecule has 24 heavy (non-hydrogen) atoms. The Morgan fingerprint density at radius 2 is 1.38 bits per heavy atom. The van der Waals surface area contributed by atoms with Crippen molar-refractivity contribution in [1.82, 2.24) is 15.0 Å². The summed E-state index contributed by atoms with van der Waals surface area (Å²) in [5.41, 5.74) is 2.33. The zero-order valence-corrected chi connectivity index (χ0v) is 16.5. The van der Waals surface area contributed by atoms with Crippen LogP contribution in [0.2, 0.25) is 0 Å². The topological polar surface area (TPSA) is 38.7 Å². The smallest absolute Gasteiger partial charge is 0.196 e. The van der Waals surface area contributed by atoms with Crippen molar-refractivity contribution in [1.29, 1.82) is 0 Å². The maximum atomic E-state index is 4.64. The molecule has 0 amide bonds. The van der Waals surface area contributed by atoms with Crippen molar-refractivity contribution >= 4 is 47.9 Å². The Balaban J connectivity index is 1.88. The van der Waals surface area contributed by atoms with Crippen LogP contribution in [0.25, 0.3) is 11.1 Å². The van der Waals surface area contributed by atoms with E-state index in [0.717, 1.165) is 25.7 Å². The van der Waals surface area contributed by atoms with E-state index in [-0.39, 0.29) is 0 Å². The van der Waals surface area contributed by atoms with Gasteiger partial charge < -0.3 is 0 Å². The summed E-state index contributed by atoms with van der Waals surface area (Å²) in [6, 6.07) is 16.5. The Morgan fingerprint density at radius 3 is 1.96 bits per heavy atom. The van der Waals surface area contributed by atoms with Crippen LogP contribution in [0, 0.1) is 0 Å². The van der Waals surface area contributed by atoms with Gasteiger partial charge in [-0.1, -0.05) is 59.9 Å². The first-order valence-corrected chi connectivity index (χ1v) is 10.8. The lowest BCUT2D eigenvalue weighted by atomic mass is 10.1. The molecule has 0 fully saturated rings. The second kappa shape index (κ2) is 8.29. The van der Waals surface area contributed by atoms with E-state index in [4.69, 9.17) is 0 Å². The Hall–Kier alpha value is -1.15. The van der Waals surface area contributed by atoms with E-state index in [1.165, 1.54) is 40.8 Å². The summed E-state index contributed by atoms with van der Waals surface area (Å²) in [6.45, 7) is 0. The van der Waals surface area contributed by atoms with Crippen LogP contribution in [0.3, 0.4) is 0 Å². The Kier molecular flexibility index (Phi) is 6.10. The number of rotatable bonds is 5. The van der Waals surface area contributed by atoms with E-state index < -0.39 is 0 Å². The molecule has 0 aliphatic carbocycles. The van der Waals surface area contributed by atoms with Crippen LogP contribution in [0.4, 0.5) is 0 Å². The predicted molar refractivity (Wildman–Crippen MR) is 107 cm³/mol. The standard InChI is InChI=1S/C17H15N3S4/c1-22-15-18-16(23-2)20-17(19-15)24-14-9-8-12(10-13(14)21)11-6-4-3-5-7-11/h3-10,21H,1-2H3. The largest absolute Gasteiger partial charge is 0.197 e. The van der Waals surface area contributed by atoms with Crippen LogP contribution in [0.5, 0.6) is 0 Å². The first-order valence-electron chi connectivity index (χ1n) is 7.10. The van der Waals surface area contributed by atoms with Gasteiger partial charge in [-0.3, -0.25) is 0 Å². The number of nitrogens with zero attached hydrogens (tertiary/aromatic N) is 3. The number of hydrogen-bond donors (Lipinski definition) is 1. The van der Waals surface area contributed by atoms with Crippen LogP contribution < -0.4 is 0 Å². The molecule has 0 spiro atoms. The lowest BCUT2D eigenvalue weighted by molar-refractivity contribution is 0.719. The SMILES string of the molecule is CSc1nc(SC)nc(Sc2ccc(-c3ccccc3)cc2S)n1. The van der Waals surface area contributed by atoms with Crippen LogP contribution >= 0.6 is 47.9 Å². The second-order valence-corrected chi connectivity index (χ2v) is 7.78. The minimum atomic E-state index is 0.696. The van der Waals surface area contributed by atoms with Gasteiger partial charge in [0.15, 0.2) is 15.5 Å². The highest BCUT2D eigenvalue weighted by Gasteiger charge is 2.10. The molecule has 0 N–H and O–H groups in total. The highest BCUT2D eigenvalue weighted by Crippen LogP contribution is 2.34. The normalized spacial score (nSPS) is 10.8. The third-order valence-corrected chi connectivity index (χ3v) is 5.76. The summed E-state index contributed by atoms with van der Waals surface area (Å²) in [5, 5.41) is 2.17. The number of hydrogen-bond acceptors (Lipinski definition) is 7. The van der Waals surface area contributed by atoms with E-state index in [2.05, 4.69) is 57.9 Å². The molecule has 0 aliphatic rings. The van der Waals surface area contributed by atoms with Crippen molar-refractivity contribution in [2.45, 2.75) is 25.3 Å². The molecule has 0 unspecified atom stereocenters. The summed E-state index contributed by atoms with van der Waals surface area (Å²) < 4.78 is 0. The molecule has 0 saturated heterocycles. The second-order valence-electron chi connectivity index (χ2n) is 4.74. The van der Waals surface area contributed by atoms with Gasteiger partial charge in [0, 0.05) is 9.79 Å². The van der Waals surface area contributed by atoms with Crippen molar-refractivity contribution < 1.29 is 0 Å². The van der Waals surface area contributed by atoms with Gasteiger partial charge in [-0.15, -0.1) is 12.6 Å². The molecule has 0 atom stereocenters. The van der Waals surface area contributed by atoms with Gasteiger partial charge in [0.2, 0.25) is 0 Å². The Morgan fingerprint density at radius 1 is 0.750 bits per heavy atom. The van der Waals surface area contributed by atoms with Gasteiger partial charge in [0.05, 0.1) is 0 Å². The summed E-state index contributed by atoms with van der Waals surface area (Å²) in [5.74, 6) is 0. The minimum absolute atomic E-state index is 0.696. The van der Waals surface area contributed by atoms with E-state index in [1.807, 2.05) is 30.7 Å². The average molecular weight is 390 g/mol. The predicted octanol–water partition coefficient (Wildman–Crippen LogP) is 5.42. The third kappa shape index (κ3) is 4.27. The van der Waals surface area contributed by atoms with Crippen molar-refractivity contribution in [2.75, 3.05) is 12.5 Å². The van der Waals surface area contributed by atoms with Crippen LogP contribution in [0.15, 0.2) is 73.8 Å². The molecule has 122 valence electrons. The zero-order valence-electron chi connectivity index (χ0n) is 13.1. The average Bonchev–Trinajstić information content (AvgIpc) is 2.63. The highest BCUT2D eigenvalue weighted by molar-refractivity contribution is 8.00. The highest BCUT2D eigenvalue weighted by atomic mass is 32.2. The van der Waals surface area contributed by atoms with Crippen molar-refractivity contribution in [3.8, 4) is 11.1 Å². The zero-order chi connectivity index (χ0) is 16.9. The number of thioether (sulfide) groups is 2. The van der Waals surface area contributed by atoms with Gasteiger partial charge in [-0.25, -0.2) is 0 Å². The molecular weight excluding hydrogens is 374 g/mol. The third-order valence-electron chi connectivity index (χ3n) is 3.21. The summed E-state index contributed by atoms with van der Waals surface area (Å²) in [7, 11) is 0.